The molecule has 0 spiro atoms. The molecule has 0 aromatic rings. The summed E-state index contributed by atoms with van der Waals surface area (Å²) in [4.78, 5) is 33.1. The first-order valence-corrected chi connectivity index (χ1v) is 18.5. The van der Waals surface area contributed by atoms with Crippen LogP contribution in [0, 0.1) is 0 Å². The topological polar surface area (TPSA) is 112 Å². The number of aliphatic carboxylic acids is 3. The maximum atomic E-state index is 11.0. The standard InChI is InChI=1S/C37H69NO6/c1-2-3-4-5-6-7-8-9-10-11-12-13-14-15-16-17-18-19-20-24-31-38(32-25-21-28-35(39)40,33-26-22-29-36(41)42)34-27-23-30-37(43)44/h6-7H,2-5,8-34H2,1H3,(H2-,39,40,41,42,43,44)/p+1/b7-6+. The predicted octanol–water partition coefficient (Wildman–Crippen LogP) is 10.2. The van der Waals surface area contributed by atoms with Gasteiger partial charge in [0.2, 0.25) is 0 Å². The maximum absolute atomic E-state index is 11.0. The summed E-state index contributed by atoms with van der Waals surface area (Å²) in [6.07, 6.45) is 33.2. The minimum absolute atomic E-state index is 0.176. The van der Waals surface area contributed by atoms with Crippen molar-refractivity contribution >= 4 is 17.9 Å². The second kappa shape index (κ2) is 31.1. The predicted molar refractivity (Wildman–Crippen MR) is 182 cm³/mol. The van der Waals surface area contributed by atoms with Crippen LogP contribution < -0.4 is 0 Å². The van der Waals surface area contributed by atoms with Crippen molar-refractivity contribution in [1.82, 2.24) is 0 Å². The fourth-order valence-corrected chi connectivity index (χ4v) is 6.24. The van der Waals surface area contributed by atoms with Gasteiger partial charge in [0.05, 0.1) is 26.2 Å². The summed E-state index contributed by atoms with van der Waals surface area (Å²) < 4.78 is 0.870. The molecule has 7 nitrogen and oxygen atoms in total. The number of carboxylic acids is 3. The van der Waals surface area contributed by atoms with Gasteiger partial charge in [0.25, 0.3) is 0 Å². The van der Waals surface area contributed by atoms with Gasteiger partial charge in [-0.05, 0) is 77.0 Å². The van der Waals surface area contributed by atoms with Gasteiger partial charge in [-0.2, -0.15) is 0 Å². The molecule has 0 bridgehead atoms. The molecule has 7 heteroatoms. The van der Waals surface area contributed by atoms with Crippen molar-refractivity contribution in [2.45, 2.75) is 180 Å². The molecular weight excluding hydrogens is 554 g/mol. The quantitative estimate of drug-likeness (QED) is 0.0367. The average Bonchev–Trinajstić information content (AvgIpc) is 2.98. The normalized spacial score (nSPS) is 11.8. The molecule has 0 saturated heterocycles. The van der Waals surface area contributed by atoms with Crippen molar-refractivity contribution in [1.29, 1.82) is 0 Å². The third-order valence-corrected chi connectivity index (χ3v) is 8.96. The van der Waals surface area contributed by atoms with E-state index >= 15 is 0 Å². The summed E-state index contributed by atoms with van der Waals surface area (Å²) in [5.74, 6) is -2.30. The highest BCUT2D eigenvalue weighted by atomic mass is 16.4. The Bertz CT molecular complexity index is 668. The van der Waals surface area contributed by atoms with Crippen molar-refractivity contribution in [2.75, 3.05) is 26.2 Å². The molecule has 0 fully saturated rings. The van der Waals surface area contributed by atoms with E-state index in [1.165, 1.54) is 109 Å². The zero-order chi connectivity index (χ0) is 32.6. The second-order valence-corrected chi connectivity index (χ2v) is 13.1. The summed E-state index contributed by atoms with van der Waals surface area (Å²) in [7, 11) is 0. The summed E-state index contributed by atoms with van der Waals surface area (Å²) in [6.45, 7) is 5.95. The Morgan fingerprint density at radius 3 is 1.00 bits per heavy atom. The van der Waals surface area contributed by atoms with Crippen LogP contribution in [0.15, 0.2) is 12.2 Å². The summed E-state index contributed by atoms with van der Waals surface area (Å²) in [5, 5.41) is 27.2. The van der Waals surface area contributed by atoms with E-state index in [0.29, 0.717) is 19.3 Å². The number of allylic oxidation sites excluding steroid dienone is 2. The lowest BCUT2D eigenvalue weighted by Crippen LogP contribution is -2.51. The average molecular weight is 625 g/mol. The second-order valence-electron chi connectivity index (χ2n) is 13.1. The number of unbranched alkanes of at least 4 members (excludes halogenated alkanes) is 19. The van der Waals surface area contributed by atoms with Gasteiger partial charge in [-0.15, -0.1) is 0 Å². The summed E-state index contributed by atoms with van der Waals surface area (Å²) >= 11 is 0. The van der Waals surface area contributed by atoms with E-state index in [-0.39, 0.29) is 19.3 Å². The van der Waals surface area contributed by atoms with Crippen LogP contribution in [0.5, 0.6) is 0 Å². The first-order chi connectivity index (χ1) is 21.3. The number of carboxylic acid groups (broad SMARTS) is 3. The van der Waals surface area contributed by atoms with Crippen LogP contribution >= 0.6 is 0 Å². The van der Waals surface area contributed by atoms with E-state index in [1.807, 2.05) is 0 Å². The molecule has 0 aliphatic carbocycles. The molecule has 3 N–H and O–H groups in total. The lowest BCUT2D eigenvalue weighted by atomic mass is 10.0. The Morgan fingerprint density at radius 1 is 0.409 bits per heavy atom. The highest BCUT2D eigenvalue weighted by molar-refractivity contribution is 5.67. The Balaban J connectivity index is 4.23. The van der Waals surface area contributed by atoms with Gasteiger partial charge in [-0.25, -0.2) is 0 Å². The van der Waals surface area contributed by atoms with Crippen molar-refractivity contribution in [3.8, 4) is 0 Å². The van der Waals surface area contributed by atoms with Crippen molar-refractivity contribution in [3.05, 3.63) is 12.2 Å². The number of rotatable bonds is 35. The molecule has 44 heavy (non-hydrogen) atoms. The largest absolute Gasteiger partial charge is 0.481 e. The molecular formula is C37H70NO6+. The number of hydrogen-bond acceptors (Lipinski definition) is 3. The number of carbonyl (C=O) groups is 3. The van der Waals surface area contributed by atoms with Crippen LogP contribution in [0.3, 0.4) is 0 Å². The van der Waals surface area contributed by atoms with E-state index in [4.69, 9.17) is 15.3 Å². The van der Waals surface area contributed by atoms with E-state index < -0.39 is 17.9 Å². The van der Waals surface area contributed by atoms with Crippen LogP contribution in [-0.2, 0) is 14.4 Å². The Kier molecular flexibility index (Phi) is 29.8. The van der Waals surface area contributed by atoms with E-state index in [1.54, 1.807) is 0 Å². The highest BCUT2D eigenvalue weighted by Crippen LogP contribution is 2.20. The summed E-state index contributed by atoms with van der Waals surface area (Å²) in [5.41, 5.74) is 0. The molecule has 0 aliphatic rings. The Labute approximate surface area is 270 Å². The molecule has 0 amide bonds. The van der Waals surface area contributed by atoms with Gasteiger partial charge in [0, 0.05) is 19.3 Å². The lowest BCUT2D eigenvalue weighted by molar-refractivity contribution is -0.929. The summed E-state index contributed by atoms with van der Waals surface area (Å²) in [6, 6.07) is 0. The Morgan fingerprint density at radius 2 is 0.682 bits per heavy atom. The number of hydrogen-bond donors (Lipinski definition) is 3. The first kappa shape index (κ1) is 42.1. The zero-order valence-electron chi connectivity index (χ0n) is 28.6. The van der Waals surface area contributed by atoms with Crippen LogP contribution in [0.25, 0.3) is 0 Å². The molecule has 0 aliphatic heterocycles. The van der Waals surface area contributed by atoms with E-state index in [9.17, 15) is 14.4 Å². The fourth-order valence-electron chi connectivity index (χ4n) is 6.24. The van der Waals surface area contributed by atoms with E-state index in [2.05, 4.69) is 19.1 Å². The Hall–Kier alpha value is -1.89. The third kappa shape index (κ3) is 30.1. The molecule has 0 atom stereocenters. The van der Waals surface area contributed by atoms with Crippen molar-refractivity contribution < 1.29 is 34.2 Å². The van der Waals surface area contributed by atoms with Gasteiger partial charge in [0.15, 0.2) is 0 Å². The van der Waals surface area contributed by atoms with Gasteiger partial charge in [0.1, 0.15) is 0 Å². The van der Waals surface area contributed by atoms with Gasteiger partial charge < -0.3 is 19.8 Å². The molecule has 0 rings (SSSR count). The first-order valence-electron chi connectivity index (χ1n) is 18.5. The smallest absolute Gasteiger partial charge is 0.303 e. The molecule has 258 valence electrons. The van der Waals surface area contributed by atoms with Crippen LogP contribution in [0.4, 0.5) is 0 Å². The fraction of sp³-hybridized carbons (Fsp3) is 0.865. The van der Waals surface area contributed by atoms with Gasteiger partial charge in [-0.3, -0.25) is 14.4 Å². The van der Waals surface area contributed by atoms with Crippen LogP contribution in [-0.4, -0.2) is 63.9 Å². The number of quaternary nitrogens is 1. The SMILES string of the molecule is CCCCC/C=C/CCCCCCCCCCCCCCC[N+](CCCCC(=O)O)(CCCCC(=O)O)CCCCC(=O)O. The molecule has 0 aromatic carbocycles. The number of nitrogens with zero attached hydrogens (tertiary/aromatic N) is 1. The van der Waals surface area contributed by atoms with E-state index in [0.717, 1.165) is 56.3 Å². The minimum Gasteiger partial charge on any atom is -0.481 e. The van der Waals surface area contributed by atoms with Crippen LogP contribution in [0.2, 0.25) is 0 Å². The van der Waals surface area contributed by atoms with Crippen molar-refractivity contribution in [3.63, 3.8) is 0 Å². The highest BCUT2D eigenvalue weighted by Gasteiger charge is 2.26. The maximum Gasteiger partial charge on any atom is 0.303 e. The molecule has 0 saturated carbocycles. The molecule has 0 radical (unpaired) electrons. The minimum atomic E-state index is -0.766. The third-order valence-electron chi connectivity index (χ3n) is 8.96. The van der Waals surface area contributed by atoms with Gasteiger partial charge >= 0.3 is 17.9 Å². The lowest BCUT2D eigenvalue weighted by Gasteiger charge is -2.39. The molecule has 0 aromatic heterocycles. The van der Waals surface area contributed by atoms with Crippen molar-refractivity contribution in [2.24, 2.45) is 0 Å². The molecule has 0 heterocycles. The monoisotopic (exact) mass is 625 g/mol. The van der Waals surface area contributed by atoms with Gasteiger partial charge in [-0.1, -0.05) is 96.1 Å². The van der Waals surface area contributed by atoms with Crippen LogP contribution in [0.1, 0.15) is 180 Å². The molecule has 0 unspecified atom stereocenters. The zero-order valence-corrected chi connectivity index (χ0v) is 28.6.